The summed E-state index contributed by atoms with van der Waals surface area (Å²) in [5.74, 6) is -0.495. The number of hydrogen-bond donors (Lipinski definition) is 3. The van der Waals surface area contributed by atoms with Gasteiger partial charge in [-0.1, -0.05) is 6.07 Å². The predicted octanol–water partition coefficient (Wildman–Crippen LogP) is 3.22. The number of para-hydroxylation sites is 1. The SMILES string of the molecule is Cc1cc(NC(=O)c2cccc3c2NCCN3)ccc1F. The van der Waals surface area contributed by atoms with Crippen LogP contribution in [0.1, 0.15) is 15.9 Å². The lowest BCUT2D eigenvalue weighted by molar-refractivity contribution is 0.102. The summed E-state index contributed by atoms with van der Waals surface area (Å²) in [4.78, 5) is 12.4. The average Bonchev–Trinajstić information content (AvgIpc) is 2.50. The summed E-state index contributed by atoms with van der Waals surface area (Å²) >= 11 is 0. The van der Waals surface area contributed by atoms with Gasteiger partial charge in [0.25, 0.3) is 5.91 Å². The smallest absolute Gasteiger partial charge is 0.257 e. The lowest BCUT2D eigenvalue weighted by Crippen LogP contribution is -2.24. The summed E-state index contributed by atoms with van der Waals surface area (Å²) in [7, 11) is 0. The maximum atomic E-state index is 13.3. The highest BCUT2D eigenvalue weighted by molar-refractivity contribution is 6.10. The fraction of sp³-hybridized carbons (Fsp3) is 0.188. The maximum Gasteiger partial charge on any atom is 0.257 e. The Balaban J connectivity index is 1.87. The van der Waals surface area contributed by atoms with Crippen LogP contribution in [0.3, 0.4) is 0 Å². The number of carbonyl (C=O) groups is 1. The molecule has 2 aromatic rings. The number of rotatable bonds is 2. The number of halogens is 1. The molecule has 1 amide bonds. The van der Waals surface area contributed by atoms with E-state index >= 15 is 0 Å². The lowest BCUT2D eigenvalue weighted by atomic mass is 10.1. The quantitative estimate of drug-likeness (QED) is 0.794. The standard InChI is InChI=1S/C16H16FN3O/c1-10-9-11(5-6-13(10)17)20-16(21)12-3-2-4-14-15(12)19-8-7-18-14/h2-6,9,18-19H,7-8H2,1H3,(H,20,21). The van der Waals surface area contributed by atoms with Crippen molar-refractivity contribution in [3.8, 4) is 0 Å². The number of nitrogens with one attached hydrogen (secondary N) is 3. The largest absolute Gasteiger partial charge is 0.382 e. The van der Waals surface area contributed by atoms with Crippen LogP contribution < -0.4 is 16.0 Å². The third-order valence-corrected chi connectivity index (χ3v) is 3.47. The van der Waals surface area contributed by atoms with Gasteiger partial charge >= 0.3 is 0 Å². The first-order chi connectivity index (χ1) is 10.1. The number of carbonyl (C=O) groups excluding carboxylic acids is 1. The van der Waals surface area contributed by atoms with Crippen LogP contribution in [0.15, 0.2) is 36.4 Å². The summed E-state index contributed by atoms with van der Waals surface area (Å²) in [5.41, 5.74) is 3.38. The molecule has 0 aromatic heterocycles. The van der Waals surface area contributed by atoms with Crippen molar-refractivity contribution in [2.75, 3.05) is 29.0 Å². The summed E-state index contributed by atoms with van der Waals surface area (Å²) in [6, 6.07) is 10.1. The Hall–Kier alpha value is -2.56. The van der Waals surface area contributed by atoms with E-state index in [1.165, 1.54) is 6.07 Å². The average molecular weight is 285 g/mol. The van der Waals surface area contributed by atoms with Crippen LogP contribution in [0.4, 0.5) is 21.5 Å². The minimum absolute atomic E-state index is 0.214. The van der Waals surface area contributed by atoms with Gasteiger partial charge in [-0.25, -0.2) is 4.39 Å². The Labute approximate surface area is 122 Å². The molecule has 0 fully saturated rings. The summed E-state index contributed by atoms with van der Waals surface area (Å²) in [6.07, 6.45) is 0. The zero-order valence-electron chi connectivity index (χ0n) is 11.7. The van der Waals surface area contributed by atoms with Crippen LogP contribution in [0.2, 0.25) is 0 Å². The van der Waals surface area contributed by atoms with Gasteiger partial charge in [0, 0.05) is 18.8 Å². The van der Waals surface area contributed by atoms with Crippen LogP contribution in [-0.2, 0) is 0 Å². The van der Waals surface area contributed by atoms with Crippen LogP contribution in [-0.4, -0.2) is 19.0 Å². The van der Waals surface area contributed by atoms with Gasteiger partial charge in [0.1, 0.15) is 5.82 Å². The summed E-state index contributed by atoms with van der Waals surface area (Å²) in [6.45, 7) is 3.27. The molecule has 3 N–H and O–H groups in total. The Morgan fingerprint density at radius 1 is 1.19 bits per heavy atom. The number of hydrogen-bond acceptors (Lipinski definition) is 3. The molecule has 108 valence electrons. The molecule has 4 nitrogen and oxygen atoms in total. The van der Waals surface area contributed by atoms with Crippen molar-refractivity contribution in [1.82, 2.24) is 0 Å². The maximum absolute atomic E-state index is 13.3. The van der Waals surface area contributed by atoms with Crippen molar-refractivity contribution in [3.05, 3.63) is 53.3 Å². The zero-order chi connectivity index (χ0) is 14.8. The first kappa shape index (κ1) is 13.4. The summed E-state index contributed by atoms with van der Waals surface area (Å²) in [5, 5.41) is 9.28. The third kappa shape index (κ3) is 2.67. The first-order valence-electron chi connectivity index (χ1n) is 6.83. The van der Waals surface area contributed by atoms with Gasteiger partial charge in [0.15, 0.2) is 0 Å². The van der Waals surface area contributed by atoms with Gasteiger partial charge in [-0.2, -0.15) is 0 Å². The van der Waals surface area contributed by atoms with Crippen LogP contribution in [0.25, 0.3) is 0 Å². The molecule has 0 saturated carbocycles. The number of aryl methyl sites for hydroxylation is 1. The third-order valence-electron chi connectivity index (χ3n) is 3.47. The number of amides is 1. The van der Waals surface area contributed by atoms with Crippen molar-refractivity contribution in [3.63, 3.8) is 0 Å². The number of fused-ring (bicyclic) bond motifs is 1. The molecule has 0 radical (unpaired) electrons. The molecule has 1 aliphatic heterocycles. The van der Waals surface area contributed by atoms with E-state index in [9.17, 15) is 9.18 Å². The number of anilines is 3. The molecule has 21 heavy (non-hydrogen) atoms. The second-order valence-electron chi connectivity index (χ2n) is 5.00. The lowest BCUT2D eigenvalue weighted by Gasteiger charge is -2.22. The van der Waals surface area contributed by atoms with Gasteiger partial charge in [0.05, 0.1) is 16.9 Å². The topological polar surface area (TPSA) is 53.2 Å². The molecule has 0 aliphatic carbocycles. The van der Waals surface area contributed by atoms with E-state index in [1.54, 1.807) is 25.1 Å². The molecule has 3 rings (SSSR count). The highest BCUT2D eigenvalue weighted by Crippen LogP contribution is 2.29. The van der Waals surface area contributed by atoms with E-state index in [0.717, 1.165) is 24.5 Å². The molecule has 1 aliphatic rings. The highest BCUT2D eigenvalue weighted by atomic mass is 19.1. The van der Waals surface area contributed by atoms with Gasteiger partial charge in [-0.3, -0.25) is 4.79 Å². The van der Waals surface area contributed by atoms with E-state index in [1.807, 2.05) is 12.1 Å². The van der Waals surface area contributed by atoms with Crippen molar-refractivity contribution in [2.45, 2.75) is 6.92 Å². The molecular formula is C16H16FN3O. The Kier molecular flexibility index (Phi) is 3.48. The molecule has 0 bridgehead atoms. The van der Waals surface area contributed by atoms with Crippen LogP contribution in [0, 0.1) is 12.7 Å². The second kappa shape index (κ2) is 5.44. The molecule has 0 saturated heterocycles. The van der Waals surface area contributed by atoms with Gasteiger partial charge in [-0.05, 0) is 42.8 Å². The van der Waals surface area contributed by atoms with Crippen molar-refractivity contribution in [2.24, 2.45) is 0 Å². The van der Waals surface area contributed by atoms with E-state index in [0.29, 0.717) is 16.8 Å². The summed E-state index contributed by atoms with van der Waals surface area (Å²) < 4.78 is 13.3. The van der Waals surface area contributed by atoms with E-state index in [4.69, 9.17) is 0 Å². The van der Waals surface area contributed by atoms with Crippen LogP contribution in [0.5, 0.6) is 0 Å². The Morgan fingerprint density at radius 2 is 2.00 bits per heavy atom. The van der Waals surface area contributed by atoms with Gasteiger partial charge < -0.3 is 16.0 Å². The number of benzene rings is 2. The van der Waals surface area contributed by atoms with E-state index in [2.05, 4.69) is 16.0 Å². The normalized spacial score (nSPS) is 12.9. The van der Waals surface area contributed by atoms with Crippen molar-refractivity contribution < 1.29 is 9.18 Å². The van der Waals surface area contributed by atoms with Crippen molar-refractivity contribution >= 4 is 23.0 Å². The highest BCUT2D eigenvalue weighted by Gasteiger charge is 2.17. The Morgan fingerprint density at radius 3 is 2.81 bits per heavy atom. The molecule has 0 unspecified atom stereocenters. The monoisotopic (exact) mass is 285 g/mol. The molecular weight excluding hydrogens is 269 g/mol. The first-order valence-corrected chi connectivity index (χ1v) is 6.83. The minimum Gasteiger partial charge on any atom is -0.382 e. The van der Waals surface area contributed by atoms with E-state index < -0.39 is 0 Å². The fourth-order valence-corrected chi connectivity index (χ4v) is 2.38. The Bertz CT molecular complexity index is 700. The van der Waals surface area contributed by atoms with Crippen molar-refractivity contribution in [1.29, 1.82) is 0 Å². The second-order valence-corrected chi connectivity index (χ2v) is 5.00. The molecule has 2 aromatic carbocycles. The fourth-order valence-electron chi connectivity index (χ4n) is 2.38. The van der Waals surface area contributed by atoms with Gasteiger partial charge in [0.2, 0.25) is 0 Å². The van der Waals surface area contributed by atoms with Gasteiger partial charge in [-0.15, -0.1) is 0 Å². The molecule has 5 heteroatoms. The minimum atomic E-state index is -0.282. The zero-order valence-corrected chi connectivity index (χ0v) is 11.7. The predicted molar refractivity (Wildman–Crippen MR) is 82.5 cm³/mol. The molecule has 0 spiro atoms. The molecule has 1 heterocycles. The molecule has 0 atom stereocenters. The van der Waals surface area contributed by atoms with Crippen LogP contribution >= 0.6 is 0 Å². The van der Waals surface area contributed by atoms with E-state index in [-0.39, 0.29) is 11.7 Å².